The molecule has 6 unspecified atom stereocenters. The molecule has 2 fully saturated rings. The van der Waals surface area contributed by atoms with E-state index < -0.39 is 0 Å². The summed E-state index contributed by atoms with van der Waals surface area (Å²) in [7, 11) is 5.36. The summed E-state index contributed by atoms with van der Waals surface area (Å²) in [6.07, 6.45) is 18.9. The summed E-state index contributed by atoms with van der Waals surface area (Å²) in [6.45, 7) is 4.72. The van der Waals surface area contributed by atoms with Crippen LogP contribution < -0.4 is 9.47 Å². The van der Waals surface area contributed by atoms with Crippen LogP contribution in [0.3, 0.4) is 0 Å². The molecule has 1 N–H and O–H groups in total. The van der Waals surface area contributed by atoms with Crippen molar-refractivity contribution < 1.29 is 19.3 Å². The van der Waals surface area contributed by atoms with Gasteiger partial charge in [0.2, 0.25) is 0 Å². The quantitative estimate of drug-likeness (QED) is 0.372. The highest BCUT2D eigenvalue weighted by atomic mass is 16.5. The first-order valence-corrected chi connectivity index (χ1v) is 16.7. The van der Waals surface area contributed by atoms with Gasteiger partial charge >= 0.3 is 0 Å². The Kier molecular flexibility index (Phi) is 7.53. The molecule has 4 nitrogen and oxygen atoms in total. The molecule has 0 amide bonds. The van der Waals surface area contributed by atoms with E-state index in [2.05, 4.69) is 68.5 Å². The summed E-state index contributed by atoms with van der Waals surface area (Å²) in [5, 5.41) is 10.3. The van der Waals surface area contributed by atoms with E-state index in [9.17, 15) is 5.11 Å². The highest BCUT2D eigenvalue weighted by molar-refractivity contribution is 5.42. The number of allylic oxidation sites excluding steroid dienone is 2. The summed E-state index contributed by atoms with van der Waals surface area (Å²) in [6, 6.07) is 13.3. The Morgan fingerprint density at radius 2 is 1.16 bits per heavy atom. The van der Waals surface area contributed by atoms with Gasteiger partial charge in [-0.25, -0.2) is 0 Å². The topological polar surface area (TPSA) is 47.9 Å². The van der Waals surface area contributed by atoms with E-state index in [0.717, 1.165) is 30.3 Å². The lowest BCUT2D eigenvalue weighted by Crippen LogP contribution is -2.45. The van der Waals surface area contributed by atoms with Gasteiger partial charge in [-0.3, -0.25) is 0 Å². The zero-order valence-electron chi connectivity index (χ0n) is 26.7. The van der Waals surface area contributed by atoms with E-state index in [4.69, 9.17) is 14.2 Å². The van der Waals surface area contributed by atoms with Gasteiger partial charge in [0.25, 0.3) is 0 Å². The molecule has 6 aliphatic rings. The predicted octanol–water partition coefficient (Wildman–Crippen LogP) is 8.03. The summed E-state index contributed by atoms with van der Waals surface area (Å²) in [5.41, 5.74) is 6.47. The second kappa shape index (κ2) is 11.1. The molecular weight excluding hydrogens is 532 g/mol. The first kappa shape index (κ1) is 29.2. The smallest absolute Gasteiger partial charge is 0.119 e. The van der Waals surface area contributed by atoms with Gasteiger partial charge < -0.3 is 19.3 Å². The van der Waals surface area contributed by atoms with Gasteiger partial charge in [-0.15, -0.1) is 0 Å². The molecule has 230 valence electrons. The van der Waals surface area contributed by atoms with Crippen LogP contribution in [0.4, 0.5) is 0 Å². The number of aryl methyl sites for hydroxylation is 2. The molecule has 0 saturated heterocycles. The number of fused-ring (bicyclic) bond motifs is 10. The fourth-order valence-electron chi connectivity index (χ4n) is 10.6. The minimum atomic E-state index is -0.249. The Labute approximate surface area is 258 Å². The van der Waals surface area contributed by atoms with Crippen LogP contribution in [0.5, 0.6) is 11.5 Å². The monoisotopic (exact) mass is 582 g/mol. The van der Waals surface area contributed by atoms with Gasteiger partial charge in [-0.2, -0.15) is 0 Å². The van der Waals surface area contributed by atoms with Crippen LogP contribution in [0.1, 0.15) is 86.5 Å². The van der Waals surface area contributed by atoms with Crippen molar-refractivity contribution in [3.63, 3.8) is 0 Å². The average Bonchev–Trinajstić information content (AvgIpc) is 3.55. The number of aliphatic hydroxyl groups is 1. The van der Waals surface area contributed by atoms with Crippen LogP contribution in [-0.2, 0) is 17.6 Å². The minimum absolute atomic E-state index is 0.0745. The number of methoxy groups -OCH3 is 3. The Hall–Kier alpha value is -2.56. The fourth-order valence-corrected chi connectivity index (χ4v) is 10.6. The molecule has 0 radical (unpaired) electrons. The highest BCUT2D eigenvalue weighted by Gasteiger charge is 2.53. The maximum absolute atomic E-state index is 10.3. The van der Waals surface area contributed by atoms with Gasteiger partial charge in [0, 0.05) is 17.9 Å². The van der Waals surface area contributed by atoms with E-state index in [1.165, 1.54) is 55.2 Å². The van der Waals surface area contributed by atoms with E-state index >= 15 is 0 Å². The minimum Gasteiger partial charge on any atom is -0.497 e. The first-order valence-electron chi connectivity index (χ1n) is 16.7. The van der Waals surface area contributed by atoms with Crippen molar-refractivity contribution in [3.05, 3.63) is 83.0 Å². The lowest BCUT2D eigenvalue weighted by atomic mass is 9.55. The van der Waals surface area contributed by atoms with Crippen molar-refractivity contribution in [1.29, 1.82) is 0 Å². The molecule has 2 aromatic rings. The zero-order chi connectivity index (χ0) is 29.9. The van der Waals surface area contributed by atoms with Gasteiger partial charge in [0.15, 0.2) is 0 Å². The predicted molar refractivity (Wildman–Crippen MR) is 172 cm³/mol. The number of hydrogen-bond donors (Lipinski definition) is 1. The SMILES string of the molecule is COc1ccc2c(c1)CCC1C2CC[C@@]2(C)C1C=C[C@@H]2O.COc1ccc2c(c1)CCC1C2CC[C@@]2(C)C1C=C[C@@H]2OC. The standard InChI is InChI=1S/C20H26O2.C19H24O2/c1-20-11-10-16-15-7-5-14(21-2)12-13(15)4-6-17(16)18(20)8-9-19(20)22-3;1-19-10-9-15-14-6-4-13(21-2)11-12(14)3-5-16(15)17(19)7-8-18(19)20/h5,7-9,12,16-19H,4,6,10-11H2,1-3H3;4,6-8,11,15-18,20H,3,5,9-10H2,1-2H3/t16?,17?,18?,19-,20-;15?,16?,17?,18-,19-/m00/s1. The maximum Gasteiger partial charge on any atom is 0.119 e. The lowest BCUT2D eigenvalue weighted by molar-refractivity contribution is -0.0320. The third kappa shape index (κ3) is 4.62. The van der Waals surface area contributed by atoms with Gasteiger partial charge in [0.1, 0.15) is 11.5 Å². The summed E-state index contributed by atoms with van der Waals surface area (Å²) < 4.78 is 16.5. The van der Waals surface area contributed by atoms with E-state index in [1.54, 1.807) is 19.8 Å². The van der Waals surface area contributed by atoms with Crippen molar-refractivity contribution in [2.75, 3.05) is 21.3 Å². The van der Waals surface area contributed by atoms with Crippen LogP contribution >= 0.6 is 0 Å². The van der Waals surface area contributed by atoms with E-state index in [1.807, 2.05) is 13.2 Å². The first-order chi connectivity index (χ1) is 20.8. The molecule has 0 heterocycles. The third-order valence-corrected chi connectivity index (χ3v) is 13.0. The molecule has 0 spiro atoms. The van der Waals surface area contributed by atoms with Gasteiger partial charge in [-0.05, 0) is 133 Å². The molecular formula is C39H50O4. The molecule has 0 aliphatic heterocycles. The number of benzene rings is 2. The Bertz CT molecular complexity index is 1410. The molecule has 0 bridgehead atoms. The van der Waals surface area contributed by atoms with Crippen LogP contribution in [0.2, 0.25) is 0 Å². The Morgan fingerprint density at radius 1 is 0.651 bits per heavy atom. The number of ether oxygens (including phenoxy) is 3. The van der Waals surface area contributed by atoms with Crippen LogP contribution in [0.15, 0.2) is 60.7 Å². The fraction of sp³-hybridized carbons (Fsp3) is 0.590. The van der Waals surface area contributed by atoms with E-state index in [0.29, 0.717) is 41.1 Å². The highest BCUT2D eigenvalue weighted by Crippen LogP contribution is 2.60. The van der Waals surface area contributed by atoms with Crippen molar-refractivity contribution >= 4 is 0 Å². The zero-order valence-corrected chi connectivity index (χ0v) is 26.7. The molecule has 2 saturated carbocycles. The molecule has 8 rings (SSSR count). The molecule has 43 heavy (non-hydrogen) atoms. The second-order valence-corrected chi connectivity index (χ2v) is 14.8. The lowest BCUT2D eigenvalue weighted by Gasteiger charge is -2.50. The van der Waals surface area contributed by atoms with E-state index in [-0.39, 0.29) is 11.5 Å². The summed E-state index contributed by atoms with van der Waals surface area (Å²) >= 11 is 0. The summed E-state index contributed by atoms with van der Waals surface area (Å²) in [5.74, 6) is 6.03. The normalized spacial score (nSPS) is 39.7. The van der Waals surface area contributed by atoms with Crippen molar-refractivity contribution in [2.45, 2.75) is 89.3 Å². The third-order valence-electron chi connectivity index (χ3n) is 13.0. The molecule has 0 aromatic heterocycles. The number of hydrogen-bond acceptors (Lipinski definition) is 4. The molecule has 2 aromatic carbocycles. The van der Waals surface area contributed by atoms with Crippen molar-refractivity contribution in [1.82, 2.24) is 0 Å². The van der Waals surface area contributed by atoms with Gasteiger partial charge in [-0.1, -0.05) is 50.3 Å². The summed E-state index contributed by atoms with van der Waals surface area (Å²) in [4.78, 5) is 0. The molecule has 4 heteroatoms. The van der Waals surface area contributed by atoms with Crippen molar-refractivity contribution in [3.8, 4) is 11.5 Å². The molecule has 6 aliphatic carbocycles. The number of aliphatic hydroxyl groups excluding tert-OH is 1. The Morgan fingerprint density at radius 3 is 1.70 bits per heavy atom. The van der Waals surface area contributed by atoms with Crippen molar-refractivity contribution in [2.24, 2.45) is 34.5 Å². The van der Waals surface area contributed by atoms with Gasteiger partial charge in [0.05, 0.1) is 26.4 Å². The van der Waals surface area contributed by atoms with Crippen LogP contribution in [-0.4, -0.2) is 38.6 Å². The maximum atomic E-state index is 10.3. The van der Waals surface area contributed by atoms with Crippen LogP contribution in [0, 0.1) is 34.5 Å². The molecule has 10 atom stereocenters. The average molecular weight is 583 g/mol. The number of rotatable bonds is 3. The second-order valence-electron chi connectivity index (χ2n) is 14.8. The largest absolute Gasteiger partial charge is 0.497 e. The van der Waals surface area contributed by atoms with Crippen LogP contribution in [0.25, 0.3) is 0 Å². The Balaban J connectivity index is 0.000000140.